The second-order valence-corrected chi connectivity index (χ2v) is 7.34. The quantitative estimate of drug-likeness (QED) is 0.447. The number of aliphatic carboxylic acids is 1. The average Bonchev–Trinajstić information content (AvgIpc) is 2.76. The van der Waals surface area contributed by atoms with Gasteiger partial charge in [-0.1, -0.05) is 104 Å². The molecule has 0 aromatic heterocycles. The SMILES string of the molecule is CCC(CCCC(c1ccccc1)(c1ccccc1)c1ccccc1)C(=O)O. The summed E-state index contributed by atoms with van der Waals surface area (Å²) in [7, 11) is 0. The van der Waals surface area contributed by atoms with Crippen molar-refractivity contribution in [2.45, 2.75) is 38.0 Å². The van der Waals surface area contributed by atoms with E-state index in [0.29, 0.717) is 12.8 Å². The monoisotopic (exact) mass is 372 g/mol. The molecule has 0 amide bonds. The fraction of sp³-hybridized carbons (Fsp3) is 0.269. The molecule has 0 bridgehead atoms. The molecule has 3 aromatic carbocycles. The fourth-order valence-corrected chi connectivity index (χ4v) is 4.22. The summed E-state index contributed by atoms with van der Waals surface area (Å²) in [6.07, 6.45) is 3.09. The molecular formula is C26H28O2. The van der Waals surface area contributed by atoms with E-state index in [1.165, 1.54) is 16.7 Å². The van der Waals surface area contributed by atoms with Crippen LogP contribution in [0, 0.1) is 5.92 Å². The molecule has 1 atom stereocenters. The fourth-order valence-electron chi connectivity index (χ4n) is 4.22. The highest BCUT2D eigenvalue weighted by Gasteiger charge is 2.35. The Hall–Kier alpha value is -2.87. The van der Waals surface area contributed by atoms with E-state index in [9.17, 15) is 9.90 Å². The largest absolute Gasteiger partial charge is 0.481 e. The highest BCUT2D eigenvalue weighted by molar-refractivity contribution is 5.69. The molecular weight excluding hydrogens is 344 g/mol. The van der Waals surface area contributed by atoms with Crippen LogP contribution in [0.15, 0.2) is 91.0 Å². The Balaban J connectivity index is 2.07. The zero-order chi connectivity index (χ0) is 19.8. The first-order valence-electron chi connectivity index (χ1n) is 10.1. The van der Waals surface area contributed by atoms with Crippen LogP contribution in [0.1, 0.15) is 49.3 Å². The van der Waals surface area contributed by atoms with Gasteiger partial charge in [0, 0.05) is 5.41 Å². The highest BCUT2D eigenvalue weighted by atomic mass is 16.4. The number of hydrogen-bond acceptors (Lipinski definition) is 1. The molecule has 1 unspecified atom stereocenters. The van der Waals surface area contributed by atoms with Crippen molar-refractivity contribution in [2.24, 2.45) is 5.92 Å². The summed E-state index contributed by atoms with van der Waals surface area (Å²) >= 11 is 0. The first kappa shape index (κ1) is 19.9. The lowest BCUT2D eigenvalue weighted by Crippen LogP contribution is -2.30. The van der Waals surface area contributed by atoms with Gasteiger partial charge in [-0.15, -0.1) is 0 Å². The van der Waals surface area contributed by atoms with E-state index in [2.05, 4.69) is 72.8 Å². The maximum Gasteiger partial charge on any atom is 0.306 e. The lowest BCUT2D eigenvalue weighted by molar-refractivity contribution is -0.142. The highest BCUT2D eigenvalue weighted by Crippen LogP contribution is 2.43. The van der Waals surface area contributed by atoms with Gasteiger partial charge in [-0.3, -0.25) is 4.79 Å². The first-order chi connectivity index (χ1) is 13.7. The van der Waals surface area contributed by atoms with Crippen LogP contribution in [-0.2, 0) is 10.2 Å². The smallest absolute Gasteiger partial charge is 0.306 e. The molecule has 0 heterocycles. The Labute approximate surface area is 167 Å². The summed E-state index contributed by atoms with van der Waals surface area (Å²) in [5.41, 5.74) is 3.45. The van der Waals surface area contributed by atoms with Crippen molar-refractivity contribution in [1.82, 2.24) is 0 Å². The Kier molecular flexibility index (Phi) is 6.65. The Morgan fingerprint density at radius 3 is 1.50 bits per heavy atom. The van der Waals surface area contributed by atoms with Gasteiger partial charge in [-0.2, -0.15) is 0 Å². The van der Waals surface area contributed by atoms with E-state index >= 15 is 0 Å². The molecule has 28 heavy (non-hydrogen) atoms. The third kappa shape index (κ3) is 4.17. The molecule has 0 aliphatic carbocycles. The van der Waals surface area contributed by atoms with E-state index in [1.54, 1.807) is 0 Å². The zero-order valence-electron chi connectivity index (χ0n) is 16.4. The van der Waals surface area contributed by atoms with Crippen molar-refractivity contribution >= 4 is 5.97 Å². The third-order valence-corrected chi connectivity index (χ3v) is 5.75. The zero-order valence-corrected chi connectivity index (χ0v) is 16.4. The van der Waals surface area contributed by atoms with Gasteiger partial charge in [0.05, 0.1) is 5.92 Å². The molecule has 0 saturated heterocycles. The van der Waals surface area contributed by atoms with Gasteiger partial charge >= 0.3 is 5.97 Å². The van der Waals surface area contributed by atoms with Gasteiger partial charge in [0.2, 0.25) is 0 Å². The number of carboxylic acids is 1. The Morgan fingerprint density at radius 2 is 1.18 bits per heavy atom. The van der Waals surface area contributed by atoms with Gasteiger partial charge < -0.3 is 5.11 Å². The van der Waals surface area contributed by atoms with E-state index in [0.717, 1.165) is 12.8 Å². The average molecular weight is 373 g/mol. The molecule has 0 aliphatic rings. The maximum absolute atomic E-state index is 11.5. The van der Waals surface area contributed by atoms with Crippen molar-refractivity contribution < 1.29 is 9.90 Å². The van der Waals surface area contributed by atoms with Gasteiger partial charge in [0.25, 0.3) is 0 Å². The Bertz CT molecular complexity index is 760. The van der Waals surface area contributed by atoms with Crippen molar-refractivity contribution in [3.05, 3.63) is 108 Å². The first-order valence-corrected chi connectivity index (χ1v) is 10.1. The van der Waals surface area contributed by atoms with Crippen LogP contribution in [-0.4, -0.2) is 11.1 Å². The molecule has 0 saturated carbocycles. The summed E-state index contributed by atoms with van der Waals surface area (Å²) < 4.78 is 0. The molecule has 0 spiro atoms. The van der Waals surface area contributed by atoms with Crippen molar-refractivity contribution in [1.29, 1.82) is 0 Å². The molecule has 0 fully saturated rings. The summed E-state index contributed by atoms with van der Waals surface area (Å²) in [6.45, 7) is 1.96. The van der Waals surface area contributed by atoms with Crippen LogP contribution < -0.4 is 0 Å². The standard InChI is InChI=1S/C26H28O2/c1-2-21(25(27)28)13-12-20-26(22-14-6-3-7-15-22,23-16-8-4-9-17-23)24-18-10-5-11-19-24/h3-11,14-19,21H,2,12-13,20H2,1H3,(H,27,28). The number of hydrogen-bond donors (Lipinski definition) is 1. The number of carboxylic acid groups (broad SMARTS) is 1. The van der Waals surface area contributed by atoms with E-state index in [-0.39, 0.29) is 11.3 Å². The van der Waals surface area contributed by atoms with Crippen LogP contribution in [0.2, 0.25) is 0 Å². The number of rotatable bonds is 9. The van der Waals surface area contributed by atoms with Crippen molar-refractivity contribution in [2.75, 3.05) is 0 Å². The van der Waals surface area contributed by atoms with Crippen LogP contribution >= 0.6 is 0 Å². The molecule has 144 valence electrons. The van der Waals surface area contributed by atoms with Crippen molar-refractivity contribution in [3.63, 3.8) is 0 Å². The Morgan fingerprint density at radius 1 is 0.786 bits per heavy atom. The maximum atomic E-state index is 11.5. The lowest BCUT2D eigenvalue weighted by Gasteiger charge is -2.36. The van der Waals surface area contributed by atoms with E-state index < -0.39 is 5.97 Å². The predicted octanol–water partition coefficient (Wildman–Crippen LogP) is 6.30. The molecule has 0 radical (unpaired) electrons. The van der Waals surface area contributed by atoms with Gasteiger partial charge in [0.1, 0.15) is 0 Å². The summed E-state index contributed by atoms with van der Waals surface area (Å²) in [5, 5.41) is 9.45. The van der Waals surface area contributed by atoms with Crippen LogP contribution in [0.4, 0.5) is 0 Å². The number of carbonyl (C=O) groups is 1. The minimum absolute atomic E-state index is 0.278. The van der Waals surface area contributed by atoms with Crippen molar-refractivity contribution in [3.8, 4) is 0 Å². The minimum Gasteiger partial charge on any atom is -0.481 e. The van der Waals surface area contributed by atoms with E-state index in [4.69, 9.17) is 0 Å². The third-order valence-electron chi connectivity index (χ3n) is 5.75. The summed E-state index contributed by atoms with van der Waals surface area (Å²) in [6, 6.07) is 31.8. The molecule has 0 aliphatic heterocycles. The second kappa shape index (κ2) is 9.36. The minimum atomic E-state index is -0.688. The molecule has 2 heteroatoms. The van der Waals surface area contributed by atoms with Gasteiger partial charge in [-0.25, -0.2) is 0 Å². The molecule has 3 aromatic rings. The normalized spacial score (nSPS) is 12.5. The summed E-state index contributed by atoms with van der Waals surface area (Å²) in [4.78, 5) is 11.5. The lowest BCUT2D eigenvalue weighted by atomic mass is 9.66. The van der Waals surface area contributed by atoms with E-state index in [1.807, 2.05) is 25.1 Å². The molecule has 1 N–H and O–H groups in total. The second-order valence-electron chi connectivity index (χ2n) is 7.34. The summed E-state index contributed by atoms with van der Waals surface area (Å²) in [5.74, 6) is -0.966. The molecule has 3 rings (SSSR count). The van der Waals surface area contributed by atoms with Gasteiger partial charge in [0.15, 0.2) is 0 Å². The van der Waals surface area contributed by atoms with Gasteiger partial charge in [-0.05, 0) is 36.0 Å². The number of benzene rings is 3. The van der Waals surface area contributed by atoms with Crippen LogP contribution in [0.25, 0.3) is 0 Å². The molecule has 2 nitrogen and oxygen atoms in total. The predicted molar refractivity (Wildman–Crippen MR) is 114 cm³/mol. The van der Waals surface area contributed by atoms with Crippen LogP contribution in [0.3, 0.4) is 0 Å². The topological polar surface area (TPSA) is 37.3 Å². The van der Waals surface area contributed by atoms with Crippen LogP contribution in [0.5, 0.6) is 0 Å².